The van der Waals surface area contributed by atoms with E-state index < -0.39 is 48.4 Å². The summed E-state index contributed by atoms with van der Waals surface area (Å²) in [4.78, 5) is 26.6. The maximum absolute atomic E-state index is 11.0. The van der Waals surface area contributed by atoms with Crippen LogP contribution in [0.25, 0.3) is 0 Å². The Hall–Kier alpha value is -1.76. The van der Waals surface area contributed by atoms with Crippen LogP contribution in [-0.2, 0) is 9.59 Å². The van der Waals surface area contributed by atoms with E-state index in [-0.39, 0.29) is 44.7 Å². The molecule has 4 unspecified atom stereocenters. The summed E-state index contributed by atoms with van der Waals surface area (Å²) < 4.78 is 0. The summed E-state index contributed by atoms with van der Waals surface area (Å²) in [5.41, 5.74) is 0. The van der Waals surface area contributed by atoms with E-state index in [0.29, 0.717) is 0 Å². The number of hydrogen-bond donors (Lipinski definition) is 6. The molecule has 1 saturated carbocycles. The van der Waals surface area contributed by atoms with Crippen LogP contribution in [0.4, 0.5) is 0 Å². The molecule has 11 nitrogen and oxygen atoms in total. The quantitative estimate of drug-likeness (QED) is 0.196. The van der Waals surface area contributed by atoms with Crippen molar-refractivity contribution in [2.75, 3.05) is 40.8 Å². The summed E-state index contributed by atoms with van der Waals surface area (Å²) in [6.45, 7) is 3.84. The molecule has 0 spiro atoms. The summed E-state index contributed by atoms with van der Waals surface area (Å²) >= 11 is 0. The third-order valence-corrected chi connectivity index (χ3v) is 5.74. The van der Waals surface area contributed by atoms with Gasteiger partial charge in [0.1, 0.15) is 0 Å². The molecule has 0 aliphatic heterocycles. The second-order valence-corrected chi connectivity index (χ2v) is 7.99. The van der Waals surface area contributed by atoms with Crippen molar-refractivity contribution in [3.05, 3.63) is 12.3 Å². The molecular formula is C19H35N3O8. The lowest BCUT2D eigenvalue weighted by molar-refractivity contribution is -0.171. The average molecular weight is 434 g/mol. The Bertz CT molecular complexity index is 511. The Labute approximate surface area is 176 Å². The first-order chi connectivity index (χ1) is 13.9. The zero-order chi connectivity index (χ0) is 23.2. The fourth-order valence-corrected chi connectivity index (χ4v) is 4.07. The van der Waals surface area contributed by atoms with E-state index in [4.69, 9.17) is 10.2 Å². The molecule has 11 heteroatoms. The molecule has 6 N–H and O–H groups in total. The van der Waals surface area contributed by atoms with E-state index in [1.54, 1.807) is 35.8 Å². The molecule has 1 rings (SSSR count). The Morgan fingerprint density at radius 1 is 0.667 bits per heavy atom. The molecule has 0 saturated heterocycles. The second-order valence-electron chi connectivity index (χ2n) is 7.99. The summed E-state index contributed by atoms with van der Waals surface area (Å²) in [5.74, 6) is -2.09. The van der Waals surface area contributed by atoms with Gasteiger partial charge in [-0.2, -0.15) is 0 Å². The van der Waals surface area contributed by atoms with Crippen molar-refractivity contribution in [1.82, 2.24) is 14.7 Å². The fraction of sp³-hybridized carbons (Fsp3) is 0.789. The van der Waals surface area contributed by atoms with Gasteiger partial charge in [0, 0.05) is 26.1 Å². The molecule has 0 radical (unpaired) electrons. The number of rotatable bonds is 12. The molecule has 1 fully saturated rings. The summed E-state index contributed by atoms with van der Waals surface area (Å²) in [7, 11) is 4.82. The number of carboxylic acid groups (broad SMARTS) is 2. The number of aliphatic hydroxyl groups is 4. The standard InChI is InChI=1S/C19H35N3O8/c1-11(23)5-8-20(2)14-17(28)15(21(3)9-6-12(24)25)19(30)16(18(14)29)22(4)10-7-13(26)27/h14-19,23,28-30H,1,5-10H2,2-4H3,(H,24,25)(H,26,27). The van der Waals surface area contributed by atoms with Crippen LogP contribution >= 0.6 is 0 Å². The Morgan fingerprint density at radius 2 is 0.933 bits per heavy atom. The van der Waals surface area contributed by atoms with Gasteiger partial charge in [-0.05, 0) is 21.1 Å². The third kappa shape index (κ3) is 6.89. The van der Waals surface area contributed by atoms with Crippen LogP contribution in [0.1, 0.15) is 19.3 Å². The van der Waals surface area contributed by atoms with Gasteiger partial charge in [0.15, 0.2) is 0 Å². The van der Waals surface area contributed by atoms with Crippen LogP contribution in [-0.4, -0.2) is 134 Å². The van der Waals surface area contributed by atoms with E-state index in [1.165, 1.54) is 0 Å². The predicted molar refractivity (Wildman–Crippen MR) is 108 cm³/mol. The molecule has 0 aromatic heterocycles. The molecule has 4 atom stereocenters. The minimum absolute atomic E-state index is 0.0491. The van der Waals surface area contributed by atoms with Crippen molar-refractivity contribution in [1.29, 1.82) is 0 Å². The van der Waals surface area contributed by atoms with Gasteiger partial charge in [0.05, 0.1) is 55.0 Å². The van der Waals surface area contributed by atoms with Gasteiger partial charge in [-0.1, -0.05) is 6.58 Å². The molecular weight excluding hydrogens is 398 g/mol. The zero-order valence-electron chi connectivity index (χ0n) is 17.8. The van der Waals surface area contributed by atoms with Crippen LogP contribution in [0.15, 0.2) is 12.3 Å². The van der Waals surface area contributed by atoms with Gasteiger partial charge in [0.2, 0.25) is 0 Å². The van der Waals surface area contributed by atoms with E-state index in [0.717, 1.165) is 0 Å². The van der Waals surface area contributed by atoms with Crippen LogP contribution in [0.3, 0.4) is 0 Å². The Kier molecular flexibility index (Phi) is 10.1. The van der Waals surface area contributed by atoms with Gasteiger partial charge >= 0.3 is 11.9 Å². The summed E-state index contributed by atoms with van der Waals surface area (Å²) in [6.07, 6.45) is -3.89. The minimum Gasteiger partial charge on any atom is -0.513 e. The zero-order valence-corrected chi connectivity index (χ0v) is 17.8. The minimum atomic E-state index is -1.26. The highest BCUT2D eigenvalue weighted by atomic mass is 16.4. The Morgan fingerprint density at radius 3 is 1.17 bits per heavy atom. The van der Waals surface area contributed by atoms with Crippen LogP contribution < -0.4 is 0 Å². The molecule has 1 aliphatic carbocycles. The van der Waals surface area contributed by atoms with Crippen LogP contribution in [0.2, 0.25) is 0 Å². The monoisotopic (exact) mass is 433 g/mol. The topological polar surface area (TPSA) is 165 Å². The Balaban J connectivity index is 3.18. The first-order valence-electron chi connectivity index (χ1n) is 9.83. The van der Waals surface area contributed by atoms with Gasteiger partial charge in [0.25, 0.3) is 0 Å². The number of aliphatic carboxylic acids is 2. The van der Waals surface area contributed by atoms with Gasteiger partial charge in [-0.3, -0.25) is 24.3 Å². The van der Waals surface area contributed by atoms with Gasteiger partial charge in [-0.15, -0.1) is 0 Å². The van der Waals surface area contributed by atoms with Crippen molar-refractivity contribution in [3.8, 4) is 0 Å². The van der Waals surface area contributed by atoms with Crippen molar-refractivity contribution < 1.29 is 40.2 Å². The SMILES string of the molecule is C=C(O)CCN(C)C1C(O)C(N(C)CCC(=O)O)C(O)C(N(C)CCC(=O)O)C1O. The highest BCUT2D eigenvalue weighted by Gasteiger charge is 2.53. The number of aliphatic hydroxyl groups excluding tert-OH is 4. The molecule has 30 heavy (non-hydrogen) atoms. The van der Waals surface area contributed by atoms with E-state index in [2.05, 4.69) is 6.58 Å². The lowest BCUT2D eigenvalue weighted by Crippen LogP contribution is -2.73. The van der Waals surface area contributed by atoms with Crippen molar-refractivity contribution in [2.45, 2.75) is 55.7 Å². The molecule has 174 valence electrons. The molecule has 0 heterocycles. The maximum Gasteiger partial charge on any atom is 0.304 e. The van der Waals surface area contributed by atoms with Crippen LogP contribution in [0, 0.1) is 0 Å². The first kappa shape index (κ1) is 26.3. The number of carboxylic acids is 2. The average Bonchev–Trinajstić information content (AvgIpc) is 2.62. The number of likely N-dealkylation sites (N-methyl/N-ethyl adjacent to an activating group) is 3. The van der Waals surface area contributed by atoms with E-state index in [1.807, 2.05) is 0 Å². The van der Waals surface area contributed by atoms with Gasteiger partial charge in [-0.25, -0.2) is 0 Å². The van der Waals surface area contributed by atoms with E-state index in [9.17, 15) is 30.0 Å². The number of carbonyl (C=O) groups is 2. The number of hydrogen-bond acceptors (Lipinski definition) is 9. The van der Waals surface area contributed by atoms with E-state index >= 15 is 0 Å². The molecule has 0 amide bonds. The summed E-state index contributed by atoms with van der Waals surface area (Å²) in [6, 6.07) is -2.63. The van der Waals surface area contributed by atoms with Crippen molar-refractivity contribution in [2.24, 2.45) is 0 Å². The summed E-state index contributed by atoms with van der Waals surface area (Å²) in [5, 5.41) is 60.3. The fourth-order valence-electron chi connectivity index (χ4n) is 4.07. The smallest absolute Gasteiger partial charge is 0.304 e. The highest BCUT2D eigenvalue weighted by Crippen LogP contribution is 2.30. The lowest BCUT2D eigenvalue weighted by Gasteiger charge is -2.53. The number of nitrogens with zero attached hydrogens (tertiary/aromatic N) is 3. The normalized spacial score (nSPS) is 29.5. The predicted octanol–water partition coefficient (Wildman–Crippen LogP) is -1.60. The van der Waals surface area contributed by atoms with Crippen molar-refractivity contribution in [3.63, 3.8) is 0 Å². The maximum atomic E-state index is 11.0. The largest absolute Gasteiger partial charge is 0.513 e. The molecule has 0 aromatic rings. The molecule has 0 aromatic carbocycles. The van der Waals surface area contributed by atoms with Crippen LogP contribution in [0.5, 0.6) is 0 Å². The third-order valence-electron chi connectivity index (χ3n) is 5.74. The lowest BCUT2D eigenvalue weighted by atomic mass is 9.77. The van der Waals surface area contributed by atoms with Crippen molar-refractivity contribution >= 4 is 11.9 Å². The first-order valence-corrected chi connectivity index (χ1v) is 9.83. The molecule has 0 bridgehead atoms. The molecule has 1 aliphatic rings. The second kappa shape index (κ2) is 11.6. The highest BCUT2D eigenvalue weighted by molar-refractivity contribution is 5.67. The van der Waals surface area contributed by atoms with Gasteiger partial charge < -0.3 is 30.6 Å².